The van der Waals surface area contributed by atoms with Crippen molar-refractivity contribution >= 4 is 27.3 Å². The highest BCUT2D eigenvalue weighted by Crippen LogP contribution is 2.30. The van der Waals surface area contributed by atoms with Gasteiger partial charge >= 0.3 is 0 Å². The predicted molar refractivity (Wildman–Crippen MR) is 103 cm³/mol. The van der Waals surface area contributed by atoms with E-state index in [4.69, 9.17) is 0 Å². The van der Waals surface area contributed by atoms with Crippen LogP contribution < -0.4 is 4.72 Å². The van der Waals surface area contributed by atoms with Crippen molar-refractivity contribution < 1.29 is 18.0 Å². The average molecular weight is 395 g/mol. The molecular formula is C20H17N3O4S. The Hall–Kier alpha value is -3.26. The van der Waals surface area contributed by atoms with Crippen LogP contribution in [0.25, 0.3) is 0 Å². The minimum absolute atomic E-state index is 0.0885. The Kier molecular flexibility index (Phi) is 3.97. The third-order valence-corrected chi connectivity index (χ3v) is 6.30. The summed E-state index contributed by atoms with van der Waals surface area (Å²) in [5, 5.41) is 4.20. The maximum atomic E-state index is 12.9. The number of nitrogens with one attached hydrogen (secondary N) is 1. The number of benzene rings is 2. The van der Waals surface area contributed by atoms with E-state index in [0.29, 0.717) is 22.6 Å². The molecule has 0 unspecified atom stereocenters. The summed E-state index contributed by atoms with van der Waals surface area (Å²) in [5.74, 6) is -0.656. The molecule has 1 aliphatic rings. The number of aryl methyl sites for hydroxylation is 2. The van der Waals surface area contributed by atoms with Gasteiger partial charge in [0.1, 0.15) is 0 Å². The molecule has 0 spiro atoms. The van der Waals surface area contributed by atoms with Crippen molar-refractivity contribution in [2.24, 2.45) is 7.05 Å². The van der Waals surface area contributed by atoms with Gasteiger partial charge in [-0.2, -0.15) is 5.10 Å². The highest BCUT2D eigenvalue weighted by atomic mass is 32.2. The Morgan fingerprint density at radius 2 is 1.46 bits per heavy atom. The van der Waals surface area contributed by atoms with Gasteiger partial charge in [-0.25, -0.2) is 8.42 Å². The second kappa shape index (κ2) is 6.13. The van der Waals surface area contributed by atoms with Crippen LogP contribution >= 0.6 is 0 Å². The first kappa shape index (κ1) is 18.1. The maximum absolute atomic E-state index is 12.9. The molecule has 0 bridgehead atoms. The summed E-state index contributed by atoms with van der Waals surface area (Å²) in [6, 6.07) is 10.5. The van der Waals surface area contributed by atoms with Crippen molar-refractivity contribution in [2.45, 2.75) is 18.7 Å². The molecule has 2 aromatic carbocycles. The summed E-state index contributed by atoms with van der Waals surface area (Å²) in [7, 11) is -2.24. The lowest BCUT2D eigenvalue weighted by atomic mass is 9.84. The molecule has 0 aliphatic heterocycles. The van der Waals surface area contributed by atoms with E-state index < -0.39 is 10.0 Å². The van der Waals surface area contributed by atoms with Gasteiger partial charge in [-0.1, -0.05) is 24.3 Å². The number of aromatic nitrogens is 2. The standard InChI is InChI=1S/C20H17N3O4S/c1-11-18(12(2)23(3)21-11)22-28(26,27)13-8-9-16-17(10-13)20(25)15-7-5-4-6-14(15)19(16)24/h4-10,22H,1-3H3. The Bertz CT molecular complexity index is 1270. The summed E-state index contributed by atoms with van der Waals surface area (Å²) in [6.45, 7) is 3.46. The molecule has 8 heteroatoms. The molecular weight excluding hydrogens is 378 g/mol. The van der Waals surface area contributed by atoms with E-state index in [1.165, 1.54) is 18.2 Å². The van der Waals surface area contributed by atoms with Crippen LogP contribution in [0.4, 0.5) is 5.69 Å². The molecule has 0 saturated heterocycles. The third kappa shape index (κ3) is 2.65. The lowest BCUT2D eigenvalue weighted by Gasteiger charge is -2.18. The molecule has 0 radical (unpaired) electrons. The van der Waals surface area contributed by atoms with E-state index >= 15 is 0 Å². The number of hydrogen-bond acceptors (Lipinski definition) is 5. The minimum Gasteiger partial charge on any atom is -0.289 e. The molecule has 4 rings (SSSR count). The molecule has 3 aromatic rings. The number of carbonyl (C=O) groups is 2. The van der Waals surface area contributed by atoms with Gasteiger partial charge in [-0.3, -0.25) is 19.0 Å². The van der Waals surface area contributed by atoms with Crippen molar-refractivity contribution in [2.75, 3.05) is 4.72 Å². The van der Waals surface area contributed by atoms with Crippen LogP contribution in [0.2, 0.25) is 0 Å². The lowest BCUT2D eigenvalue weighted by Crippen LogP contribution is -2.22. The van der Waals surface area contributed by atoms with E-state index in [-0.39, 0.29) is 33.2 Å². The van der Waals surface area contributed by atoms with Crippen LogP contribution in [0.15, 0.2) is 47.4 Å². The van der Waals surface area contributed by atoms with Gasteiger partial charge in [0.05, 0.1) is 22.0 Å². The summed E-state index contributed by atoms with van der Waals surface area (Å²) in [5.41, 5.74) is 2.51. The smallest absolute Gasteiger partial charge is 0.262 e. The fourth-order valence-corrected chi connectivity index (χ4v) is 4.56. The average Bonchev–Trinajstić information content (AvgIpc) is 2.91. The van der Waals surface area contributed by atoms with Gasteiger partial charge in [0.2, 0.25) is 0 Å². The van der Waals surface area contributed by atoms with Gasteiger partial charge in [0.25, 0.3) is 10.0 Å². The van der Waals surface area contributed by atoms with E-state index in [9.17, 15) is 18.0 Å². The molecule has 142 valence electrons. The highest BCUT2D eigenvalue weighted by molar-refractivity contribution is 7.92. The fraction of sp³-hybridized carbons (Fsp3) is 0.150. The number of sulfonamides is 1. The number of fused-ring (bicyclic) bond motifs is 2. The second-order valence-electron chi connectivity index (χ2n) is 6.69. The SMILES string of the molecule is Cc1nn(C)c(C)c1NS(=O)(=O)c1ccc2c(c1)C(=O)c1ccccc1C2=O. The van der Waals surface area contributed by atoms with Crippen molar-refractivity contribution in [1.82, 2.24) is 9.78 Å². The largest absolute Gasteiger partial charge is 0.289 e. The summed E-state index contributed by atoms with van der Waals surface area (Å²) in [4.78, 5) is 25.4. The molecule has 1 N–H and O–H groups in total. The zero-order valence-electron chi connectivity index (χ0n) is 15.5. The molecule has 7 nitrogen and oxygen atoms in total. The van der Waals surface area contributed by atoms with Crippen LogP contribution in [-0.2, 0) is 17.1 Å². The van der Waals surface area contributed by atoms with Crippen molar-refractivity contribution in [3.63, 3.8) is 0 Å². The first-order valence-corrected chi connectivity index (χ1v) is 10.0. The molecule has 0 atom stereocenters. The number of rotatable bonds is 3. The van der Waals surface area contributed by atoms with Gasteiger partial charge in [-0.05, 0) is 32.0 Å². The predicted octanol–water partition coefficient (Wildman–Crippen LogP) is 2.61. The van der Waals surface area contributed by atoms with E-state index in [1.807, 2.05) is 0 Å². The molecule has 1 aromatic heterocycles. The zero-order chi connectivity index (χ0) is 20.2. The van der Waals surface area contributed by atoms with Crippen LogP contribution in [-0.4, -0.2) is 29.8 Å². The number of anilines is 1. The first-order chi connectivity index (χ1) is 13.2. The number of ketones is 2. The second-order valence-corrected chi connectivity index (χ2v) is 8.37. The first-order valence-electron chi connectivity index (χ1n) is 8.56. The molecule has 28 heavy (non-hydrogen) atoms. The van der Waals surface area contributed by atoms with Gasteiger partial charge in [0.15, 0.2) is 11.6 Å². The Labute approximate surface area is 162 Å². The van der Waals surface area contributed by atoms with Gasteiger partial charge < -0.3 is 0 Å². The summed E-state index contributed by atoms with van der Waals surface area (Å²) >= 11 is 0. The van der Waals surface area contributed by atoms with Crippen LogP contribution in [0, 0.1) is 13.8 Å². The molecule has 0 saturated carbocycles. The summed E-state index contributed by atoms with van der Waals surface area (Å²) in [6.07, 6.45) is 0. The Morgan fingerprint density at radius 1 is 0.893 bits per heavy atom. The molecule has 0 fully saturated rings. The normalized spacial score (nSPS) is 13.2. The lowest BCUT2D eigenvalue weighted by molar-refractivity contribution is 0.0979. The number of hydrogen-bond donors (Lipinski definition) is 1. The number of nitrogens with zero attached hydrogens (tertiary/aromatic N) is 2. The molecule has 1 aliphatic carbocycles. The molecule has 0 amide bonds. The summed E-state index contributed by atoms with van der Waals surface area (Å²) < 4.78 is 29.9. The van der Waals surface area contributed by atoms with Crippen LogP contribution in [0.1, 0.15) is 43.2 Å². The van der Waals surface area contributed by atoms with E-state index in [1.54, 1.807) is 49.8 Å². The minimum atomic E-state index is -3.96. The zero-order valence-corrected chi connectivity index (χ0v) is 16.3. The van der Waals surface area contributed by atoms with Gasteiger partial charge in [0, 0.05) is 29.3 Å². The van der Waals surface area contributed by atoms with Crippen LogP contribution in [0.3, 0.4) is 0 Å². The quantitative estimate of drug-likeness (QED) is 0.575. The van der Waals surface area contributed by atoms with Crippen LogP contribution in [0.5, 0.6) is 0 Å². The van der Waals surface area contributed by atoms with E-state index in [2.05, 4.69) is 9.82 Å². The van der Waals surface area contributed by atoms with Gasteiger partial charge in [-0.15, -0.1) is 0 Å². The number of carbonyl (C=O) groups excluding carboxylic acids is 2. The molecule has 1 heterocycles. The fourth-order valence-electron chi connectivity index (χ4n) is 3.36. The van der Waals surface area contributed by atoms with Crippen molar-refractivity contribution in [3.05, 3.63) is 76.1 Å². The topological polar surface area (TPSA) is 98.1 Å². The third-order valence-electron chi connectivity index (χ3n) is 4.95. The maximum Gasteiger partial charge on any atom is 0.262 e. The van der Waals surface area contributed by atoms with E-state index in [0.717, 1.165) is 0 Å². The highest BCUT2D eigenvalue weighted by Gasteiger charge is 2.31. The van der Waals surface area contributed by atoms with Crippen molar-refractivity contribution in [1.29, 1.82) is 0 Å². The monoisotopic (exact) mass is 395 g/mol. The van der Waals surface area contributed by atoms with Crippen molar-refractivity contribution in [3.8, 4) is 0 Å². The Balaban J connectivity index is 1.79. The Morgan fingerprint density at radius 3 is 2.04 bits per heavy atom.